The Kier molecular flexibility index (Phi) is 9.14. The summed E-state index contributed by atoms with van der Waals surface area (Å²) >= 11 is 0. The number of fused-ring (bicyclic) bond motifs is 1. The molecule has 3 aromatic heterocycles. The van der Waals surface area contributed by atoms with Gasteiger partial charge in [0.05, 0.1) is 40.9 Å². The molecule has 1 aliphatic rings. The molecule has 15 heteroatoms. The largest absolute Gasteiger partial charge is 0.443 e. The average Bonchev–Trinajstić information content (AvgIpc) is 3.73. The van der Waals surface area contributed by atoms with Gasteiger partial charge in [-0.15, -0.1) is 0 Å². The SMILES string of the molecule is C[C@@H]1CN(Cc2c(-c3cnco3)c(-c3ccc(NC(=O)Nc4cc(C(F)(F)F)ccc4F)cc3)c3c(Nc4ccccc4)ncnn23)C[C@H](C)O1. The van der Waals surface area contributed by atoms with Crippen LogP contribution in [0.3, 0.4) is 0 Å². The maximum absolute atomic E-state index is 14.3. The average molecular weight is 701 g/mol. The summed E-state index contributed by atoms with van der Waals surface area (Å²) in [5.41, 5.74) is 3.12. The molecule has 0 unspecified atom stereocenters. The first kappa shape index (κ1) is 33.7. The molecule has 4 heterocycles. The summed E-state index contributed by atoms with van der Waals surface area (Å²) in [6.07, 6.45) is -0.167. The van der Waals surface area contributed by atoms with Crippen molar-refractivity contribution in [2.75, 3.05) is 29.0 Å². The lowest BCUT2D eigenvalue weighted by atomic mass is 9.98. The van der Waals surface area contributed by atoms with E-state index < -0.39 is 29.3 Å². The number of carbonyl (C=O) groups excluding carboxylic acids is 1. The van der Waals surface area contributed by atoms with Crippen molar-refractivity contribution >= 4 is 34.4 Å². The third-order valence-electron chi connectivity index (χ3n) is 8.38. The van der Waals surface area contributed by atoms with E-state index in [4.69, 9.17) is 14.3 Å². The van der Waals surface area contributed by atoms with Crippen LogP contribution < -0.4 is 16.0 Å². The quantitative estimate of drug-likeness (QED) is 0.136. The van der Waals surface area contributed by atoms with Gasteiger partial charge in [-0.1, -0.05) is 30.3 Å². The molecule has 7 rings (SSSR count). The van der Waals surface area contributed by atoms with Gasteiger partial charge >= 0.3 is 12.2 Å². The van der Waals surface area contributed by atoms with Gasteiger partial charge < -0.3 is 25.1 Å². The molecule has 1 aliphatic heterocycles. The highest BCUT2D eigenvalue weighted by Crippen LogP contribution is 2.43. The summed E-state index contributed by atoms with van der Waals surface area (Å²) in [5.74, 6) is 0.0368. The maximum Gasteiger partial charge on any atom is 0.416 e. The molecule has 0 spiro atoms. The molecule has 0 aliphatic carbocycles. The molecule has 3 N–H and O–H groups in total. The molecule has 262 valence electrons. The van der Waals surface area contributed by atoms with Crippen molar-refractivity contribution in [3.05, 3.63) is 109 Å². The third-order valence-corrected chi connectivity index (χ3v) is 8.38. The van der Waals surface area contributed by atoms with Gasteiger partial charge in [-0.05, 0) is 61.9 Å². The Morgan fingerprint density at radius 2 is 1.69 bits per heavy atom. The number of alkyl halides is 3. The number of halogens is 4. The number of urea groups is 1. The fourth-order valence-corrected chi connectivity index (χ4v) is 6.36. The van der Waals surface area contributed by atoms with E-state index in [1.54, 1.807) is 30.5 Å². The Morgan fingerprint density at radius 1 is 0.941 bits per heavy atom. The highest BCUT2D eigenvalue weighted by Gasteiger charge is 2.32. The number of para-hydroxylation sites is 1. The number of hydrogen-bond donors (Lipinski definition) is 3. The van der Waals surface area contributed by atoms with Crippen LogP contribution in [-0.4, -0.2) is 55.8 Å². The number of nitrogens with one attached hydrogen (secondary N) is 3. The zero-order valence-corrected chi connectivity index (χ0v) is 27.4. The van der Waals surface area contributed by atoms with Crippen molar-refractivity contribution < 1.29 is 31.5 Å². The molecule has 51 heavy (non-hydrogen) atoms. The van der Waals surface area contributed by atoms with Gasteiger partial charge in [0.15, 0.2) is 18.0 Å². The van der Waals surface area contributed by atoms with E-state index in [0.29, 0.717) is 60.6 Å². The van der Waals surface area contributed by atoms with Gasteiger partial charge in [-0.25, -0.2) is 23.7 Å². The van der Waals surface area contributed by atoms with Crippen molar-refractivity contribution in [3.8, 4) is 22.5 Å². The summed E-state index contributed by atoms with van der Waals surface area (Å²) in [7, 11) is 0. The van der Waals surface area contributed by atoms with Gasteiger partial charge in [0, 0.05) is 36.6 Å². The fourth-order valence-electron chi connectivity index (χ4n) is 6.36. The van der Waals surface area contributed by atoms with Crippen LogP contribution in [0.5, 0.6) is 0 Å². The Bertz CT molecular complexity index is 2150. The third kappa shape index (κ3) is 7.25. The summed E-state index contributed by atoms with van der Waals surface area (Å²) in [6.45, 7) is 5.99. The van der Waals surface area contributed by atoms with E-state index in [1.165, 1.54) is 12.7 Å². The second-order valence-electron chi connectivity index (χ2n) is 12.2. The van der Waals surface area contributed by atoms with Crippen LogP contribution in [-0.2, 0) is 17.5 Å². The van der Waals surface area contributed by atoms with Crippen LogP contribution in [0.25, 0.3) is 28.0 Å². The lowest BCUT2D eigenvalue weighted by Gasteiger charge is -2.35. The van der Waals surface area contributed by atoms with Crippen molar-refractivity contribution in [2.24, 2.45) is 0 Å². The molecule has 2 amide bonds. The van der Waals surface area contributed by atoms with Crippen molar-refractivity contribution in [2.45, 2.75) is 38.8 Å². The lowest BCUT2D eigenvalue weighted by molar-refractivity contribution is -0.137. The monoisotopic (exact) mass is 700 g/mol. The van der Waals surface area contributed by atoms with Crippen molar-refractivity contribution in [1.29, 1.82) is 0 Å². The number of anilines is 4. The summed E-state index contributed by atoms with van der Waals surface area (Å²) in [5, 5.41) is 12.8. The van der Waals surface area contributed by atoms with Crippen LogP contribution in [0.15, 0.2) is 96.1 Å². The fraction of sp³-hybridized carbons (Fsp3) is 0.222. The van der Waals surface area contributed by atoms with Gasteiger partial charge in [0.2, 0.25) is 0 Å². The minimum Gasteiger partial charge on any atom is -0.443 e. The molecular weight excluding hydrogens is 668 g/mol. The number of carbonyl (C=O) groups is 1. The van der Waals surface area contributed by atoms with Crippen molar-refractivity contribution in [3.63, 3.8) is 0 Å². The zero-order chi connectivity index (χ0) is 35.7. The molecular formula is C36H32F4N8O3. The first-order valence-electron chi connectivity index (χ1n) is 16.1. The van der Waals surface area contributed by atoms with Crippen LogP contribution in [0.4, 0.5) is 45.2 Å². The van der Waals surface area contributed by atoms with Crippen LogP contribution >= 0.6 is 0 Å². The number of nitrogens with zero attached hydrogens (tertiary/aromatic N) is 5. The molecule has 11 nitrogen and oxygen atoms in total. The smallest absolute Gasteiger partial charge is 0.416 e. The topological polar surface area (TPSA) is 122 Å². The van der Waals surface area contributed by atoms with Crippen LogP contribution in [0.1, 0.15) is 25.1 Å². The minimum absolute atomic E-state index is 0.0282. The molecule has 0 radical (unpaired) electrons. The standard InChI is InChI=1S/C36H32F4N8O3/c1-21-16-47(17-22(2)51-21)18-29-32(30-15-41-20-50-30)31(33-34(42-19-43-48(29)33)44-25-6-4-3-5-7-25)23-8-11-26(12-9-23)45-35(49)46-28-14-24(36(38,39)40)10-13-27(28)37/h3-15,19-22H,16-18H2,1-2H3,(H,42,43,44)(H2,45,46,49)/t21-,22+. The highest BCUT2D eigenvalue weighted by molar-refractivity contribution is 6.02. The number of benzene rings is 3. The van der Waals surface area contributed by atoms with Gasteiger partial charge in [-0.3, -0.25) is 4.90 Å². The molecule has 0 bridgehead atoms. The summed E-state index contributed by atoms with van der Waals surface area (Å²) < 4.78 is 67.6. The van der Waals surface area contributed by atoms with Gasteiger partial charge in [-0.2, -0.15) is 18.3 Å². The van der Waals surface area contributed by atoms with E-state index in [9.17, 15) is 22.4 Å². The molecule has 0 saturated carbocycles. The van der Waals surface area contributed by atoms with Gasteiger partial charge in [0.25, 0.3) is 0 Å². The van der Waals surface area contributed by atoms with E-state index in [1.807, 2.05) is 48.7 Å². The number of aromatic nitrogens is 4. The Hall–Kier alpha value is -5.80. The number of amides is 2. The first-order chi connectivity index (χ1) is 24.5. The van der Waals surface area contributed by atoms with Crippen LogP contribution in [0, 0.1) is 5.82 Å². The van der Waals surface area contributed by atoms with E-state index in [-0.39, 0.29) is 12.2 Å². The molecule has 1 saturated heterocycles. The number of ether oxygens (including phenoxy) is 1. The van der Waals surface area contributed by atoms with Crippen molar-refractivity contribution in [1.82, 2.24) is 24.5 Å². The molecule has 3 aromatic carbocycles. The lowest BCUT2D eigenvalue weighted by Crippen LogP contribution is -2.45. The molecule has 6 aromatic rings. The minimum atomic E-state index is -4.70. The Balaban J connectivity index is 1.28. The summed E-state index contributed by atoms with van der Waals surface area (Å²) in [4.78, 5) is 23.9. The number of hydrogen-bond acceptors (Lipinski definition) is 8. The summed E-state index contributed by atoms with van der Waals surface area (Å²) in [6, 6.07) is 17.3. The number of morpholine rings is 1. The Morgan fingerprint density at radius 3 is 2.37 bits per heavy atom. The maximum atomic E-state index is 14.3. The number of oxazole rings is 1. The van der Waals surface area contributed by atoms with Crippen LogP contribution in [0.2, 0.25) is 0 Å². The van der Waals surface area contributed by atoms with E-state index in [0.717, 1.165) is 28.1 Å². The number of rotatable bonds is 8. The van der Waals surface area contributed by atoms with E-state index in [2.05, 4.69) is 30.8 Å². The second kappa shape index (κ2) is 13.8. The predicted molar refractivity (Wildman–Crippen MR) is 183 cm³/mol. The normalized spacial score (nSPS) is 16.7. The molecule has 2 atom stereocenters. The molecule has 1 fully saturated rings. The highest BCUT2D eigenvalue weighted by atomic mass is 19.4. The van der Waals surface area contributed by atoms with E-state index >= 15 is 0 Å². The zero-order valence-electron chi connectivity index (χ0n) is 27.4. The first-order valence-corrected chi connectivity index (χ1v) is 16.1. The Labute approximate surface area is 289 Å². The second-order valence-corrected chi connectivity index (χ2v) is 12.2. The van der Waals surface area contributed by atoms with Gasteiger partial charge in [0.1, 0.15) is 17.7 Å². The predicted octanol–water partition coefficient (Wildman–Crippen LogP) is 8.21.